The van der Waals surface area contributed by atoms with Gasteiger partial charge in [-0.2, -0.15) is 5.10 Å². The average Bonchev–Trinajstić information content (AvgIpc) is 2.86. The van der Waals surface area contributed by atoms with Gasteiger partial charge in [-0.3, -0.25) is 9.48 Å². The standard InChI is InChI=1S/C17H20N4O3/c1-4-7-11-13-14(21(3)20-11)17(23)19-16(18-13)10-8-6-9-12(22)15(10)24-5-2/h6,8-9,22H,4-5,7H2,1-3H3,(H,18,19,23). The van der Waals surface area contributed by atoms with Crippen LogP contribution in [0.15, 0.2) is 23.0 Å². The van der Waals surface area contributed by atoms with E-state index in [1.807, 2.05) is 6.92 Å². The Hall–Kier alpha value is -2.83. The summed E-state index contributed by atoms with van der Waals surface area (Å²) in [5.74, 6) is 0.678. The molecule has 0 saturated carbocycles. The van der Waals surface area contributed by atoms with Crippen molar-refractivity contribution in [2.45, 2.75) is 26.7 Å². The number of fused-ring (bicyclic) bond motifs is 1. The molecule has 0 bridgehead atoms. The van der Waals surface area contributed by atoms with Crippen LogP contribution in [0.3, 0.4) is 0 Å². The highest BCUT2D eigenvalue weighted by Crippen LogP contribution is 2.36. The normalized spacial score (nSPS) is 11.1. The van der Waals surface area contributed by atoms with E-state index in [-0.39, 0.29) is 11.3 Å². The van der Waals surface area contributed by atoms with Gasteiger partial charge in [0.25, 0.3) is 5.56 Å². The van der Waals surface area contributed by atoms with Gasteiger partial charge < -0.3 is 14.8 Å². The lowest BCUT2D eigenvalue weighted by Gasteiger charge is -2.11. The van der Waals surface area contributed by atoms with Gasteiger partial charge in [0.1, 0.15) is 11.3 Å². The third-order valence-electron chi connectivity index (χ3n) is 3.79. The van der Waals surface area contributed by atoms with Gasteiger partial charge in [0.2, 0.25) is 0 Å². The molecule has 0 fully saturated rings. The zero-order valence-electron chi connectivity index (χ0n) is 14.0. The first-order valence-corrected chi connectivity index (χ1v) is 7.97. The highest BCUT2D eigenvalue weighted by atomic mass is 16.5. The Morgan fingerprint density at radius 3 is 2.83 bits per heavy atom. The molecule has 0 aliphatic heterocycles. The second kappa shape index (κ2) is 6.35. The summed E-state index contributed by atoms with van der Waals surface area (Å²) in [4.78, 5) is 19.9. The topological polar surface area (TPSA) is 93.0 Å². The number of benzene rings is 1. The summed E-state index contributed by atoms with van der Waals surface area (Å²) in [6.07, 6.45) is 1.65. The highest BCUT2D eigenvalue weighted by molar-refractivity contribution is 5.80. The number of hydrogen-bond donors (Lipinski definition) is 2. The number of phenols is 1. The molecule has 2 N–H and O–H groups in total. The van der Waals surface area contributed by atoms with E-state index in [9.17, 15) is 9.90 Å². The van der Waals surface area contributed by atoms with E-state index in [2.05, 4.69) is 22.0 Å². The first kappa shape index (κ1) is 16.0. The molecule has 0 spiro atoms. The molecule has 2 aromatic heterocycles. The predicted molar refractivity (Wildman–Crippen MR) is 91.4 cm³/mol. The van der Waals surface area contributed by atoms with Gasteiger partial charge in [-0.05, 0) is 25.5 Å². The lowest BCUT2D eigenvalue weighted by molar-refractivity contribution is 0.319. The number of para-hydroxylation sites is 1. The van der Waals surface area contributed by atoms with Crippen LogP contribution in [0.2, 0.25) is 0 Å². The molecule has 126 valence electrons. The molecule has 3 rings (SSSR count). The minimum absolute atomic E-state index is 0.0112. The fourth-order valence-corrected chi connectivity index (χ4v) is 2.79. The first-order valence-electron chi connectivity index (χ1n) is 7.97. The summed E-state index contributed by atoms with van der Waals surface area (Å²) in [6, 6.07) is 4.98. The van der Waals surface area contributed by atoms with Crippen LogP contribution >= 0.6 is 0 Å². The van der Waals surface area contributed by atoms with Crippen LogP contribution < -0.4 is 10.3 Å². The SMILES string of the molecule is CCCc1nn(C)c2c(=O)[nH]c(-c3cccc(O)c3OCC)nc12. The summed E-state index contributed by atoms with van der Waals surface area (Å²) in [5, 5.41) is 14.5. The fraction of sp³-hybridized carbons (Fsp3) is 0.353. The van der Waals surface area contributed by atoms with Gasteiger partial charge in [0, 0.05) is 7.05 Å². The number of nitrogens with zero attached hydrogens (tertiary/aromatic N) is 3. The molecule has 0 radical (unpaired) electrons. The number of aromatic nitrogens is 4. The van der Waals surface area contributed by atoms with Crippen molar-refractivity contribution in [1.82, 2.24) is 19.7 Å². The number of aromatic hydroxyl groups is 1. The average molecular weight is 328 g/mol. The van der Waals surface area contributed by atoms with E-state index in [1.54, 1.807) is 23.9 Å². The van der Waals surface area contributed by atoms with Crippen LogP contribution in [0, 0.1) is 0 Å². The Labute approximate surface area is 138 Å². The monoisotopic (exact) mass is 328 g/mol. The fourth-order valence-electron chi connectivity index (χ4n) is 2.79. The maximum Gasteiger partial charge on any atom is 0.277 e. The molecule has 0 saturated heterocycles. The number of H-pyrrole nitrogens is 1. The minimum atomic E-state index is -0.266. The molecule has 2 heterocycles. The van der Waals surface area contributed by atoms with Crippen LogP contribution in [-0.4, -0.2) is 31.5 Å². The van der Waals surface area contributed by atoms with Gasteiger partial charge in [-0.15, -0.1) is 0 Å². The Balaban J connectivity index is 2.27. The highest BCUT2D eigenvalue weighted by Gasteiger charge is 2.18. The second-order valence-corrected chi connectivity index (χ2v) is 5.52. The molecule has 7 heteroatoms. The number of hydrogen-bond acceptors (Lipinski definition) is 5. The molecule has 0 amide bonds. The molecule has 0 atom stereocenters. The van der Waals surface area contributed by atoms with Crippen molar-refractivity contribution in [1.29, 1.82) is 0 Å². The maximum atomic E-state index is 12.5. The Morgan fingerprint density at radius 2 is 2.12 bits per heavy atom. The minimum Gasteiger partial charge on any atom is -0.504 e. The predicted octanol–water partition coefficient (Wildman–Crippen LogP) is 2.38. The van der Waals surface area contributed by atoms with Gasteiger partial charge in [0.15, 0.2) is 17.0 Å². The number of ether oxygens (including phenoxy) is 1. The van der Waals surface area contributed by atoms with Crippen molar-refractivity contribution in [3.63, 3.8) is 0 Å². The number of aryl methyl sites for hydroxylation is 2. The molecule has 0 unspecified atom stereocenters. The summed E-state index contributed by atoms with van der Waals surface area (Å²) < 4.78 is 7.08. The van der Waals surface area contributed by atoms with E-state index < -0.39 is 0 Å². The molecular formula is C17H20N4O3. The van der Waals surface area contributed by atoms with Crippen LogP contribution in [0.25, 0.3) is 22.4 Å². The van der Waals surface area contributed by atoms with Crippen LogP contribution in [0.5, 0.6) is 11.5 Å². The van der Waals surface area contributed by atoms with E-state index >= 15 is 0 Å². The van der Waals surface area contributed by atoms with Crippen molar-refractivity contribution in [2.75, 3.05) is 6.61 Å². The number of aromatic amines is 1. The van der Waals surface area contributed by atoms with E-state index in [0.717, 1.165) is 18.5 Å². The zero-order chi connectivity index (χ0) is 17.3. The summed E-state index contributed by atoms with van der Waals surface area (Å²) in [6.45, 7) is 4.28. The molecule has 3 aromatic rings. The Kier molecular flexibility index (Phi) is 4.24. The quantitative estimate of drug-likeness (QED) is 0.750. The molecule has 7 nitrogen and oxygen atoms in total. The van der Waals surface area contributed by atoms with Crippen molar-refractivity contribution >= 4 is 11.0 Å². The molecule has 24 heavy (non-hydrogen) atoms. The zero-order valence-corrected chi connectivity index (χ0v) is 14.0. The van der Waals surface area contributed by atoms with E-state index in [1.165, 1.54) is 6.07 Å². The largest absolute Gasteiger partial charge is 0.504 e. The summed E-state index contributed by atoms with van der Waals surface area (Å²) >= 11 is 0. The molecule has 0 aliphatic carbocycles. The molecule has 1 aromatic carbocycles. The lowest BCUT2D eigenvalue weighted by atomic mass is 10.1. The van der Waals surface area contributed by atoms with Gasteiger partial charge >= 0.3 is 0 Å². The van der Waals surface area contributed by atoms with Crippen molar-refractivity contribution in [3.05, 3.63) is 34.2 Å². The third-order valence-corrected chi connectivity index (χ3v) is 3.79. The van der Waals surface area contributed by atoms with E-state index in [0.29, 0.717) is 34.8 Å². The van der Waals surface area contributed by atoms with Crippen molar-refractivity contribution in [3.8, 4) is 22.9 Å². The second-order valence-electron chi connectivity index (χ2n) is 5.52. The molecule has 0 aliphatic rings. The number of rotatable bonds is 5. The first-order chi connectivity index (χ1) is 11.6. The number of nitrogens with one attached hydrogen (secondary N) is 1. The van der Waals surface area contributed by atoms with Gasteiger partial charge in [-0.25, -0.2) is 4.98 Å². The lowest BCUT2D eigenvalue weighted by Crippen LogP contribution is -2.12. The van der Waals surface area contributed by atoms with Crippen molar-refractivity contribution < 1.29 is 9.84 Å². The Bertz CT molecular complexity index is 943. The maximum absolute atomic E-state index is 12.5. The van der Waals surface area contributed by atoms with Crippen LogP contribution in [0.4, 0.5) is 0 Å². The van der Waals surface area contributed by atoms with Crippen molar-refractivity contribution in [2.24, 2.45) is 7.05 Å². The smallest absolute Gasteiger partial charge is 0.277 e. The van der Waals surface area contributed by atoms with Crippen LogP contribution in [0.1, 0.15) is 26.0 Å². The Morgan fingerprint density at radius 1 is 1.33 bits per heavy atom. The summed E-state index contributed by atoms with van der Waals surface area (Å²) in [5.41, 5.74) is 2.10. The van der Waals surface area contributed by atoms with E-state index in [4.69, 9.17) is 4.74 Å². The summed E-state index contributed by atoms with van der Waals surface area (Å²) in [7, 11) is 1.73. The molecular weight excluding hydrogens is 308 g/mol. The van der Waals surface area contributed by atoms with Crippen LogP contribution in [-0.2, 0) is 13.5 Å². The third kappa shape index (κ3) is 2.62. The van der Waals surface area contributed by atoms with Gasteiger partial charge in [0.05, 0.1) is 17.9 Å². The van der Waals surface area contributed by atoms with Gasteiger partial charge in [-0.1, -0.05) is 19.4 Å². The number of phenolic OH excluding ortho intramolecular Hbond substituents is 1.